The average Bonchev–Trinajstić information content (AvgIpc) is 2.77. The second-order valence-electron chi connectivity index (χ2n) is 3.97. The molecule has 19 heavy (non-hydrogen) atoms. The molecule has 1 aromatic rings. The first kappa shape index (κ1) is 16.0. The Labute approximate surface area is 121 Å². The number of hydrogen-bond acceptors (Lipinski definition) is 5. The second kappa shape index (κ2) is 8.17. The SMILES string of the molecule is CCCCOC(=O)CCc1cc(Cl)sc1C(=O)OC. The molecule has 0 amide bonds. The molecule has 4 nitrogen and oxygen atoms in total. The summed E-state index contributed by atoms with van der Waals surface area (Å²) in [7, 11) is 1.32. The lowest BCUT2D eigenvalue weighted by Gasteiger charge is -2.04. The number of hydrogen-bond donors (Lipinski definition) is 0. The lowest BCUT2D eigenvalue weighted by molar-refractivity contribution is -0.143. The monoisotopic (exact) mass is 304 g/mol. The van der Waals surface area contributed by atoms with Crippen LogP contribution in [0, 0.1) is 0 Å². The zero-order valence-corrected chi connectivity index (χ0v) is 12.6. The third-order valence-electron chi connectivity index (χ3n) is 2.51. The minimum Gasteiger partial charge on any atom is -0.466 e. The highest BCUT2D eigenvalue weighted by Crippen LogP contribution is 2.28. The van der Waals surface area contributed by atoms with Crippen LogP contribution < -0.4 is 0 Å². The highest BCUT2D eigenvalue weighted by Gasteiger charge is 2.17. The number of halogens is 1. The van der Waals surface area contributed by atoms with Crippen molar-refractivity contribution in [1.29, 1.82) is 0 Å². The molecule has 0 aromatic carbocycles. The van der Waals surface area contributed by atoms with Crippen molar-refractivity contribution in [3.63, 3.8) is 0 Å². The Morgan fingerprint density at radius 2 is 2.16 bits per heavy atom. The number of carbonyl (C=O) groups excluding carboxylic acids is 2. The number of carbonyl (C=O) groups is 2. The summed E-state index contributed by atoms with van der Waals surface area (Å²) < 4.78 is 10.2. The van der Waals surface area contributed by atoms with Gasteiger partial charge in [0, 0.05) is 6.42 Å². The summed E-state index contributed by atoms with van der Waals surface area (Å²) in [5, 5.41) is 0. The van der Waals surface area contributed by atoms with Gasteiger partial charge in [0.25, 0.3) is 0 Å². The van der Waals surface area contributed by atoms with Crippen LogP contribution in [0.4, 0.5) is 0 Å². The van der Waals surface area contributed by atoms with E-state index >= 15 is 0 Å². The van der Waals surface area contributed by atoms with E-state index in [1.54, 1.807) is 6.07 Å². The molecule has 0 unspecified atom stereocenters. The molecule has 0 spiro atoms. The number of esters is 2. The van der Waals surface area contributed by atoms with E-state index in [4.69, 9.17) is 16.3 Å². The quantitative estimate of drug-likeness (QED) is 0.572. The van der Waals surface area contributed by atoms with E-state index in [1.165, 1.54) is 7.11 Å². The van der Waals surface area contributed by atoms with Crippen molar-refractivity contribution >= 4 is 34.9 Å². The molecule has 0 fully saturated rings. The summed E-state index contributed by atoms with van der Waals surface area (Å²) >= 11 is 7.04. The highest BCUT2D eigenvalue weighted by molar-refractivity contribution is 7.18. The van der Waals surface area contributed by atoms with Gasteiger partial charge < -0.3 is 9.47 Å². The summed E-state index contributed by atoms with van der Waals surface area (Å²) in [6.07, 6.45) is 2.52. The molecule has 0 aliphatic heterocycles. The van der Waals surface area contributed by atoms with Gasteiger partial charge in [-0.3, -0.25) is 4.79 Å². The number of thiophene rings is 1. The molecule has 6 heteroatoms. The predicted octanol–water partition coefficient (Wildman–Crippen LogP) is 3.46. The lowest BCUT2D eigenvalue weighted by Crippen LogP contribution is -2.08. The van der Waals surface area contributed by atoms with Gasteiger partial charge in [0.05, 0.1) is 18.1 Å². The Kier molecular flexibility index (Phi) is 6.87. The number of aryl methyl sites for hydroxylation is 1. The van der Waals surface area contributed by atoms with Crippen molar-refractivity contribution < 1.29 is 19.1 Å². The fourth-order valence-electron chi connectivity index (χ4n) is 1.49. The molecule has 106 valence electrons. The third-order valence-corrected chi connectivity index (χ3v) is 3.80. The molecule has 1 aromatic heterocycles. The Morgan fingerprint density at radius 1 is 1.42 bits per heavy atom. The molecule has 0 saturated carbocycles. The minimum absolute atomic E-state index is 0.237. The largest absolute Gasteiger partial charge is 0.466 e. The molecule has 0 saturated heterocycles. The van der Waals surface area contributed by atoms with Crippen LogP contribution in [0.2, 0.25) is 4.34 Å². The fraction of sp³-hybridized carbons (Fsp3) is 0.538. The average molecular weight is 305 g/mol. The first-order valence-corrected chi connectivity index (χ1v) is 7.30. The van der Waals surface area contributed by atoms with Gasteiger partial charge in [0.2, 0.25) is 0 Å². The van der Waals surface area contributed by atoms with Gasteiger partial charge in [-0.1, -0.05) is 24.9 Å². The van der Waals surface area contributed by atoms with E-state index in [0.717, 1.165) is 29.7 Å². The molecule has 0 radical (unpaired) electrons. The van der Waals surface area contributed by atoms with Gasteiger partial charge in [0.15, 0.2) is 0 Å². The number of rotatable bonds is 7. The maximum absolute atomic E-state index is 11.5. The Hall–Kier alpha value is -1.07. The van der Waals surface area contributed by atoms with Gasteiger partial charge in [-0.2, -0.15) is 0 Å². The van der Waals surface area contributed by atoms with Crippen LogP contribution in [0.3, 0.4) is 0 Å². The van der Waals surface area contributed by atoms with E-state index in [-0.39, 0.29) is 12.4 Å². The van der Waals surface area contributed by atoms with Gasteiger partial charge in [-0.15, -0.1) is 11.3 Å². The zero-order chi connectivity index (χ0) is 14.3. The normalized spacial score (nSPS) is 10.3. The molecule has 0 N–H and O–H groups in total. The van der Waals surface area contributed by atoms with Crippen molar-refractivity contribution in [2.75, 3.05) is 13.7 Å². The summed E-state index contributed by atoms with van der Waals surface area (Å²) in [5.74, 6) is -0.683. The maximum Gasteiger partial charge on any atom is 0.348 e. The molecule has 0 bridgehead atoms. The van der Waals surface area contributed by atoms with Gasteiger partial charge >= 0.3 is 11.9 Å². The van der Waals surface area contributed by atoms with Crippen molar-refractivity contribution in [1.82, 2.24) is 0 Å². The van der Waals surface area contributed by atoms with Crippen LogP contribution in [0.15, 0.2) is 6.07 Å². The third kappa shape index (κ3) is 5.20. The summed E-state index contributed by atoms with van der Waals surface area (Å²) in [6, 6.07) is 1.69. The molecular formula is C13H17ClO4S. The molecular weight excluding hydrogens is 288 g/mol. The minimum atomic E-state index is -0.425. The van der Waals surface area contributed by atoms with Crippen LogP contribution in [0.5, 0.6) is 0 Å². The van der Waals surface area contributed by atoms with E-state index in [2.05, 4.69) is 4.74 Å². The van der Waals surface area contributed by atoms with Crippen LogP contribution in [-0.4, -0.2) is 25.7 Å². The van der Waals surface area contributed by atoms with Gasteiger partial charge in [0.1, 0.15) is 4.88 Å². The Morgan fingerprint density at radius 3 is 2.79 bits per heavy atom. The number of ether oxygens (including phenoxy) is 2. The Balaban J connectivity index is 2.53. The topological polar surface area (TPSA) is 52.6 Å². The zero-order valence-electron chi connectivity index (χ0n) is 11.0. The number of unbranched alkanes of at least 4 members (excludes halogenated alkanes) is 1. The molecule has 1 heterocycles. The Bertz CT molecular complexity index is 442. The molecule has 0 aliphatic rings. The van der Waals surface area contributed by atoms with Crippen LogP contribution in [0.1, 0.15) is 41.4 Å². The van der Waals surface area contributed by atoms with Gasteiger partial charge in [-0.05, 0) is 24.5 Å². The lowest BCUT2D eigenvalue weighted by atomic mass is 10.1. The van der Waals surface area contributed by atoms with E-state index in [1.807, 2.05) is 6.92 Å². The van der Waals surface area contributed by atoms with Crippen molar-refractivity contribution in [3.05, 3.63) is 20.8 Å². The highest BCUT2D eigenvalue weighted by atomic mass is 35.5. The second-order valence-corrected chi connectivity index (χ2v) is 5.65. The standard InChI is InChI=1S/C13H17ClO4S/c1-3-4-7-18-11(15)6-5-9-8-10(14)19-12(9)13(16)17-2/h8H,3-7H2,1-2H3. The van der Waals surface area contributed by atoms with Crippen molar-refractivity contribution in [2.24, 2.45) is 0 Å². The fourth-order valence-corrected chi connectivity index (χ4v) is 2.70. The van der Waals surface area contributed by atoms with E-state index in [9.17, 15) is 9.59 Å². The first-order valence-electron chi connectivity index (χ1n) is 6.10. The predicted molar refractivity (Wildman–Crippen MR) is 74.9 cm³/mol. The molecule has 0 atom stereocenters. The van der Waals surface area contributed by atoms with Gasteiger partial charge in [-0.25, -0.2) is 4.79 Å². The van der Waals surface area contributed by atoms with Crippen LogP contribution >= 0.6 is 22.9 Å². The summed E-state index contributed by atoms with van der Waals surface area (Å²) in [6.45, 7) is 2.48. The van der Waals surface area contributed by atoms with Crippen molar-refractivity contribution in [2.45, 2.75) is 32.6 Å². The van der Waals surface area contributed by atoms with Crippen molar-refractivity contribution in [3.8, 4) is 0 Å². The van der Waals surface area contributed by atoms with Crippen LogP contribution in [0.25, 0.3) is 0 Å². The summed E-state index contributed by atoms with van der Waals surface area (Å²) in [4.78, 5) is 23.4. The smallest absolute Gasteiger partial charge is 0.348 e. The first-order chi connectivity index (χ1) is 9.08. The van der Waals surface area contributed by atoms with E-state index in [0.29, 0.717) is 22.2 Å². The molecule has 0 aliphatic carbocycles. The van der Waals surface area contributed by atoms with Crippen LogP contribution in [-0.2, 0) is 20.7 Å². The van der Waals surface area contributed by atoms with E-state index < -0.39 is 5.97 Å². The maximum atomic E-state index is 11.5. The molecule has 1 rings (SSSR count). The number of methoxy groups -OCH3 is 1. The summed E-state index contributed by atoms with van der Waals surface area (Å²) in [5.41, 5.74) is 0.731.